The number of nitrogens with zero attached hydrogens (tertiary/aromatic N) is 1. The van der Waals surface area contributed by atoms with Crippen molar-refractivity contribution in [3.05, 3.63) is 76.5 Å². The number of carbonyl (C=O) groups is 1. The number of halogens is 2. The molecule has 0 aliphatic heterocycles. The van der Waals surface area contributed by atoms with Gasteiger partial charge in [0.1, 0.15) is 34.2 Å². The van der Waals surface area contributed by atoms with Crippen LogP contribution in [0.5, 0.6) is 0 Å². The van der Waals surface area contributed by atoms with Crippen LogP contribution in [0.15, 0.2) is 57.5 Å². The van der Waals surface area contributed by atoms with Crippen molar-refractivity contribution in [1.82, 2.24) is 10.5 Å². The Labute approximate surface area is 165 Å². The van der Waals surface area contributed by atoms with Crippen molar-refractivity contribution in [2.24, 2.45) is 0 Å². The van der Waals surface area contributed by atoms with Crippen LogP contribution < -0.4 is 5.32 Å². The summed E-state index contributed by atoms with van der Waals surface area (Å²) in [4.78, 5) is 12.9. The van der Waals surface area contributed by atoms with Crippen LogP contribution in [-0.4, -0.2) is 11.1 Å². The van der Waals surface area contributed by atoms with Gasteiger partial charge >= 0.3 is 0 Å². The van der Waals surface area contributed by atoms with E-state index in [9.17, 15) is 9.18 Å². The molecule has 1 amide bonds. The maximum atomic E-state index is 14.3. The molecule has 1 unspecified atom stereocenters. The van der Waals surface area contributed by atoms with Crippen molar-refractivity contribution in [1.29, 1.82) is 0 Å². The van der Waals surface area contributed by atoms with E-state index < -0.39 is 17.8 Å². The van der Waals surface area contributed by atoms with E-state index in [1.165, 1.54) is 18.2 Å². The first kappa shape index (κ1) is 18.3. The second kappa shape index (κ2) is 7.13. The summed E-state index contributed by atoms with van der Waals surface area (Å²) >= 11 is 6.13. The summed E-state index contributed by atoms with van der Waals surface area (Å²) in [5, 5.41) is 7.80. The van der Waals surface area contributed by atoms with E-state index in [1.54, 1.807) is 13.8 Å². The predicted molar refractivity (Wildman–Crippen MR) is 104 cm³/mol. The van der Waals surface area contributed by atoms with E-state index in [4.69, 9.17) is 20.5 Å². The zero-order chi connectivity index (χ0) is 19.8. The van der Waals surface area contributed by atoms with Crippen molar-refractivity contribution in [2.75, 3.05) is 0 Å². The molecule has 4 rings (SSSR count). The topological polar surface area (TPSA) is 68.3 Å². The maximum absolute atomic E-state index is 14.3. The molecule has 0 bridgehead atoms. The van der Waals surface area contributed by atoms with Gasteiger partial charge in [0.05, 0.1) is 16.6 Å². The van der Waals surface area contributed by atoms with Crippen LogP contribution in [0.1, 0.15) is 34.8 Å². The van der Waals surface area contributed by atoms with Gasteiger partial charge in [-0.3, -0.25) is 4.79 Å². The number of furan rings is 1. The van der Waals surface area contributed by atoms with Crippen molar-refractivity contribution < 1.29 is 18.1 Å². The van der Waals surface area contributed by atoms with Crippen LogP contribution in [0.3, 0.4) is 0 Å². The SMILES string of the molecule is Cc1onc(-c2c(F)cccc2Cl)c1C(=O)NC(C)c1cc2ccccc2o1. The second-order valence-electron chi connectivity index (χ2n) is 6.44. The van der Waals surface area contributed by atoms with Gasteiger partial charge in [0.15, 0.2) is 0 Å². The molecule has 4 aromatic rings. The van der Waals surface area contributed by atoms with E-state index in [2.05, 4.69) is 10.5 Å². The highest BCUT2D eigenvalue weighted by molar-refractivity contribution is 6.33. The number of rotatable bonds is 4. The quantitative estimate of drug-likeness (QED) is 0.480. The molecule has 5 nitrogen and oxygen atoms in total. The number of carbonyl (C=O) groups excluding carboxylic acids is 1. The summed E-state index contributed by atoms with van der Waals surface area (Å²) in [6.07, 6.45) is 0. The molecule has 2 aromatic heterocycles. The summed E-state index contributed by atoms with van der Waals surface area (Å²) in [5.74, 6) is -0.168. The fourth-order valence-corrected chi connectivity index (χ4v) is 3.34. The Morgan fingerprint density at radius 1 is 1.21 bits per heavy atom. The minimum atomic E-state index is -0.583. The van der Waals surface area contributed by atoms with Gasteiger partial charge < -0.3 is 14.3 Å². The Morgan fingerprint density at radius 3 is 2.75 bits per heavy atom. The monoisotopic (exact) mass is 398 g/mol. The number of hydrogen-bond acceptors (Lipinski definition) is 4. The Morgan fingerprint density at radius 2 is 2.00 bits per heavy atom. The molecule has 0 radical (unpaired) electrons. The van der Waals surface area contributed by atoms with Gasteiger partial charge in [-0.05, 0) is 38.1 Å². The number of aryl methyl sites for hydroxylation is 1. The zero-order valence-corrected chi connectivity index (χ0v) is 15.9. The Bertz CT molecular complexity index is 1130. The van der Waals surface area contributed by atoms with Gasteiger partial charge in [0, 0.05) is 5.39 Å². The lowest BCUT2D eigenvalue weighted by molar-refractivity contribution is 0.0934. The molecular formula is C21H16ClFN2O3. The number of amides is 1. The van der Waals surface area contributed by atoms with Crippen LogP contribution in [0.2, 0.25) is 5.02 Å². The van der Waals surface area contributed by atoms with E-state index in [-0.39, 0.29) is 27.6 Å². The second-order valence-corrected chi connectivity index (χ2v) is 6.85. The molecule has 142 valence electrons. The summed E-state index contributed by atoms with van der Waals surface area (Å²) in [6.45, 7) is 3.39. The number of fused-ring (bicyclic) bond motifs is 1. The third-order valence-corrected chi connectivity index (χ3v) is 4.82. The molecule has 0 fully saturated rings. The number of hydrogen-bond donors (Lipinski definition) is 1. The molecule has 2 heterocycles. The van der Waals surface area contributed by atoms with Gasteiger partial charge in [-0.15, -0.1) is 0 Å². The first-order chi connectivity index (χ1) is 13.5. The third-order valence-electron chi connectivity index (χ3n) is 4.51. The Hall–Kier alpha value is -3.12. The molecule has 0 saturated heterocycles. The van der Waals surface area contributed by atoms with Crippen molar-refractivity contribution in [3.8, 4) is 11.3 Å². The van der Waals surface area contributed by atoms with Crippen molar-refractivity contribution in [2.45, 2.75) is 19.9 Å². The predicted octanol–water partition coefficient (Wildman–Crippen LogP) is 5.68. The van der Waals surface area contributed by atoms with Gasteiger partial charge in [-0.2, -0.15) is 0 Å². The first-order valence-electron chi connectivity index (χ1n) is 8.65. The highest BCUT2D eigenvalue weighted by Gasteiger charge is 2.27. The number of para-hydroxylation sites is 1. The lowest BCUT2D eigenvalue weighted by atomic mass is 10.0. The number of nitrogens with one attached hydrogen (secondary N) is 1. The van der Waals surface area contributed by atoms with Gasteiger partial charge in [-0.1, -0.05) is 41.0 Å². The van der Waals surface area contributed by atoms with Crippen LogP contribution in [0.25, 0.3) is 22.2 Å². The van der Waals surface area contributed by atoms with Crippen LogP contribution in [0, 0.1) is 12.7 Å². The van der Waals surface area contributed by atoms with Gasteiger partial charge in [0.2, 0.25) is 0 Å². The standard InChI is InChI=1S/C21H16ClFN2O3/c1-11(17-10-13-6-3-4-9-16(13)27-17)24-21(26)18-12(2)28-25-20(18)19-14(22)7-5-8-15(19)23/h3-11H,1-2H3,(H,24,26). The van der Waals surface area contributed by atoms with Gasteiger partial charge in [0.25, 0.3) is 5.91 Å². The highest BCUT2D eigenvalue weighted by atomic mass is 35.5. The Balaban J connectivity index is 1.66. The van der Waals surface area contributed by atoms with Crippen molar-refractivity contribution in [3.63, 3.8) is 0 Å². The van der Waals surface area contributed by atoms with Crippen LogP contribution in [0.4, 0.5) is 4.39 Å². The smallest absolute Gasteiger partial charge is 0.257 e. The maximum Gasteiger partial charge on any atom is 0.257 e. The summed E-state index contributed by atoms with van der Waals surface area (Å²) in [7, 11) is 0. The lowest BCUT2D eigenvalue weighted by Gasteiger charge is -2.12. The molecule has 0 spiro atoms. The average molecular weight is 399 g/mol. The summed E-state index contributed by atoms with van der Waals surface area (Å²) in [5.41, 5.74) is 0.964. The molecular weight excluding hydrogens is 383 g/mol. The molecule has 28 heavy (non-hydrogen) atoms. The van der Waals surface area contributed by atoms with Gasteiger partial charge in [-0.25, -0.2) is 4.39 Å². The van der Waals surface area contributed by atoms with E-state index in [1.807, 2.05) is 30.3 Å². The highest BCUT2D eigenvalue weighted by Crippen LogP contribution is 2.34. The minimum absolute atomic E-state index is 0.0301. The largest absolute Gasteiger partial charge is 0.459 e. The fraction of sp³-hybridized carbons (Fsp3) is 0.143. The fourth-order valence-electron chi connectivity index (χ4n) is 3.09. The van der Waals surface area contributed by atoms with E-state index in [0.29, 0.717) is 5.76 Å². The number of aromatic nitrogens is 1. The third kappa shape index (κ3) is 3.16. The Kier molecular flexibility index (Phi) is 4.65. The van der Waals surface area contributed by atoms with Crippen LogP contribution >= 0.6 is 11.6 Å². The molecule has 0 aliphatic carbocycles. The normalized spacial score (nSPS) is 12.3. The molecule has 0 aliphatic rings. The molecule has 2 aromatic carbocycles. The molecule has 1 atom stereocenters. The zero-order valence-electron chi connectivity index (χ0n) is 15.1. The summed E-state index contributed by atoms with van der Waals surface area (Å²) < 4.78 is 25.3. The average Bonchev–Trinajstić information content (AvgIpc) is 3.25. The summed E-state index contributed by atoms with van der Waals surface area (Å²) in [6, 6.07) is 13.3. The molecule has 0 saturated carbocycles. The molecule has 1 N–H and O–H groups in total. The van der Waals surface area contributed by atoms with E-state index >= 15 is 0 Å². The lowest BCUT2D eigenvalue weighted by Crippen LogP contribution is -2.27. The van der Waals surface area contributed by atoms with Crippen molar-refractivity contribution >= 4 is 28.5 Å². The van der Waals surface area contributed by atoms with Crippen LogP contribution in [-0.2, 0) is 0 Å². The first-order valence-corrected chi connectivity index (χ1v) is 9.03. The number of benzene rings is 2. The van der Waals surface area contributed by atoms with E-state index in [0.717, 1.165) is 11.0 Å². The minimum Gasteiger partial charge on any atom is -0.459 e. The molecule has 7 heteroatoms.